The number of anilines is 1. The molecule has 9 heteroatoms. The van der Waals surface area contributed by atoms with Gasteiger partial charge in [-0.3, -0.25) is 9.36 Å². The number of benzene rings is 1. The summed E-state index contributed by atoms with van der Waals surface area (Å²) in [6, 6.07) is 9.02. The van der Waals surface area contributed by atoms with E-state index in [1.165, 1.54) is 12.3 Å². The van der Waals surface area contributed by atoms with E-state index in [2.05, 4.69) is 24.6 Å². The predicted molar refractivity (Wildman–Crippen MR) is 122 cm³/mol. The van der Waals surface area contributed by atoms with Crippen LogP contribution in [0, 0.1) is 11.7 Å². The van der Waals surface area contributed by atoms with Crippen molar-refractivity contribution in [2.75, 3.05) is 18.0 Å². The van der Waals surface area contributed by atoms with Crippen molar-refractivity contribution in [3.8, 4) is 5.69 Å². The minimum absolute atomic E-state index is 0.144. The van der Waals surface area contributed by atoms with Crippen molar-refractivity contribution in [2.45, 2.75) is 44.7 Å². The summed E-state index contributed by atoms with van der Waals surface area (Å²) in [5.74, 6) is 2.77. The van der Waals surface area contributed by atoms with Crippen molar-refractivity contribution < 1.29 is 9.18 Å². The second kappa shape index (κ2) is 8.09. The quantitative estimate of drug-likeness (QED) is 0.581. The molecule has 7 nitrogen and oxygen atoms in total. The Morgan fingerprint density at radius 3 is 2.58 bits per heavy atom. The lowest BCUT2D eigenvalue weighted by Gasteiger charge is -2.32. The molecule has 33 heavy (non-hydrogen) atoms. The van der Waals surface area contributed by atoms with Gasteiger partial charge in [0, 0.05) is 36.5 Å². The van der Waals surface area contributed by atoms with Crippen LogP contribution < -0.4 is 4.90 Å². The summed E-state index contributed by atoms with van der Waals surface area (Å²) in [4.78, 5) is 21.2. The van der Waals surface area contributed by atoms with Gasteiger partial charge in [0.2, 0.25) is 5.91 Å². The highest BCUT2D eigenvalue weighted by Gasteiger charge is 2.37. The molecular weight excluding hydrogens is 443 g/mol. The third-order valence-electron chi connectivity index (χ3n) is 6.87. The number of amides is 1. The fourth-order valence-corrected chi connectivity index (χ4v) is 5.15. The Morgan fingerprint density at radius 1 is 1.03 bits per heavy atom. The number of hydrogen-bond donors (Lipinski definition) is 0. The van der Waals surface area contributed by atoms with Gasteiger partial charge in [-0.2, -0.15) is 0 Å². The smallest absolute Gasteiger partial charge is 0.226 e. The average molecular weight is 467 g/mol. The molecular formula is C24H24ClFN6O. The molecule has 0 atom stereocenters. The number of nitrogens with zero attached hydrogens (tertiary/aromatic N) is 6. The van der Waals surface area contributed by atoms with Crippen LogP contribution >= 0.6 is 11.6 Å². The van der Waals surface area contributed by atoms with E-state index in [1.807, 2.05) is 23.1 Å². The van der Waals surface area contributed by atoms with E-state index in [1.54, 1.807) is 6.07 Å². The van der Waals surface area contributed by atoms with E-state index < -0.39 is 0 Å². The number of hydrogen-bond acceptors (Lipinski definition) is 5. The molecule has 6 rings (SSSR count). The molecule has 1 aliphatic carbocycles. The second-order valence-corrected chi connectivity index (χ2v) is 9.58. The summed E-state index contributed by atoms with van der Waals surface area (Å²) < 4.78 is 15.4. The lowest BCUT2D eigenvalue weighted by Crippen LogP contribution is -2.34. The van der Waals surface area contributed by atoms with Crippen LogP contribution in [0.2, 0.25) is 5.02 Å². The molecule has 4 heterocycles. The number of halogens is 2. The van der Waals surface area contributed by atoms with E-state index >= 15 is 0 Å². The van der Waals surface area contributed by atoms with E-state index in [9.17, 15) is 9.18 Å². The van der Waals surface area contributed by atoms with Gasteiger partial charge in [-0.05, 0) is 61.6 Å². The maximum absolute atomic E-state index is 13.2. The average Bonchev–Trinajstić information content (AvgIpc) is 3.62. The molecule has 170 valence electrons. The number of aromatic nitrogens is 4. The van der Waals surface area contributed by atoms with Crippen molar-refractivity contribution in [3.05, 3.63) is 64.6 Å². The Morgan fingerprint density at radius 2 is 1.85 bits per heavy atom. The largest absolute Gasteiger partial charge is 0.357 e. The zero-order valence-corrected chi connectivity index (χ0v) is 18.9. The lowest BCUT2D eigenvalue weighted by molar-refractivity contribution is -0.133. The number of carbonyl (C=O) groups is 1. The van der Waals surface area contributed by atoms with Crippen molar-refractivity contribution in [3.63, 3.8) is 0 Å². The molecule has 0 bridgehead atoms. The third-order valence-corrected chi connectivity index (χ3v) is 7.10. The van der Waals surface area contributed by atoms with Crippen molar-refractivity contribution in [1.29, 1.82) is 0 Å². The number of pyridine rings is 1. The first-order chi connectivity index (χ1) is 16.1. The minimum Gasteiger partial charge on any atom is -0.357 e. The first kappa shape index (κ1) is 20.6. The van der Waals surface area contributed by atoms with E-state index in [4.69, 9.17) is 11.6 Å². The Bertz CT molecular complexity index is 1200. The third kappa shape index (κ3) is 3.86. The summed E-state index contributed by atoms with van der Waals surface area (Å²) in [7, 11) is 0. The Hall–Kier alpha value is -3.00. The molecule has 1 saturated heterocycles. The van der Waals surface area contributed by atoms with Crippen LogP contribution in [0.5, 0.6) is 0 Å². The van der Waals surface area contributed by atoms with E-state index in [0.29, 0.717) is 18.1 Å². The molecule has 0 N–H and O–H groups in total. The van der Waals surface area contributed by atoms with E-state index in [-0.39, 0.29) is 23.6 Å². The molecule has 2 fully saturated rings. The first-order valence-corrected chi connectivity index (χ1v) is 11.8. The summed E-state index contributed by atoms with van der Waals surface area (Å²) in [5.41, 5.74) is 2.02. The SMILES string of the molecule is O=C(C1CC1)N1Cc2cc(Cl)ccc2-n2c(nnc2C2CCN(c3ccc(F)cn3)CC2)C1. The van der Waals surface area contributed by atoms with Crippen LogP contribution in [0.3, 0.4) is 0 Å². The Kier molecular flexibility index (Phi) is 5.05. The summed E-state index contributed by atoms with van der Waals surface area (Å²) in [5, 5.41) is 9.80. The minimum atomic E-state index is -0.326. The number of carbonyl (C=O) groups excluding carboxylic acids is 1. The van der Waals surface area contributed by atoms with Crippen LogP contribution in [0.4, 0.5) is 10.2 Å². The maximum atomic E-state index is 13.2. The molecule has 3 aliphatic rings. The monoisotopic (exact) mass is 466 g/mol. The molecule has 1 amide bonds. The predicted octanol–water partition coefficient (Wildman–Crippen LogP) is 4.09. The molecule has 0 unspecified atom stereocenters. The van der Waals surface area contributed by atoms with Crippen LogP contribution in [0.1, 0.15) is 48.8 Å². The number of rotatable bonds is 3. The molecule has 0 spiro atoms. The summed E-state index contributed by atoms with van der Waals surface area (Å²) in [6.07, 6.45) is 4.99. The van der Waals surface area contributed by atoms with Gasteiger partial charge in [0.25, 0.3) is 0 Å². The second-order valence-electron chi connectivity index (χ2n) is 9.15. The summed E-state index contributed by atoms with van der Waals surface area (Å²) >= 11 is 6.33. The van der Waals surface area contributed by atoms with Crippen molar-refractivity contribution >= 4 is 23.3 Å². The van der Waals surface area contributed by atoms with Crippen LogP contribution in [0.15, 0.2) is 36.5 Å². The number of fused-ring (bicyclic) bond motifs is 3. The normalized spacial score (nSPS) is 18.6. The van der Waals surface area contributed by atoms with E-state index in [0.717, 1.165) is 67.5 Å². The molecule has 3 aromatic rings. The number of piperidine rings is 1. The topological polar surface area (TPSA) is 67.2 Å². The first-order valence-electron chi connectivity index (χ1n) is 11.4. The Labute approximate surface area is 196 Å². The Balaban J connectivity index is 1.30. The van der Waals surface area contributed by atoms with Gasteiger partial charge in [-0.15, -0.1) is 10.2 Å². The highest BCUT2D eigenvalue weighted by molar-refractivity contribution is 6.30. The zero-order valence-electron chi connectivity index (χ0n) is 18.1. The standard InChI is InChI=1S/C24H24ClFN6O/c25-18-3-5-20-17(11-18)13-31(24(33)16-1-2-16)14-22-28-29-23(32(20)22)15-7-9-30(10-8-15)21-6-4-19(26)12-27-21/h3-6,11-12,15-16H,1-2,7-10,13-14H2. The van der Waals surface area contributed by atoms with Gasteiger partial charge in [-0.1, -0.05) is 11.6 Å². The van der Waals surface area contributed by atoms with Gasteiger partial charge in [0.1, 0.15) is 17.5 Å². The highest BCUT2D eigenvalue weighted by Crippen LogP contribution is 2.37. The molecule has 1 saturated carbocycles. The molecule has 2 aliphatic heterocycles. The van der Waals surface area contributed by atoms with Crippen molar-refractivity contribution in [1.82, 2.24) is 24.6 Å². The van der Waals surface area contributed by atoms with Crippen molar-refractivity contribution in [2.24, 2.45) is 5.92 Å². The summed E-state index contributed by atoms with van der Waals surface area (Å²) in [6.45, 7) is 2.60. The zero-order chi connectivity index (χ0) is 22.5. The fraction of sp³-hybridized carbons (Fsp3) is 0.417. The van der Waals surface area contributed by atoms with Gasteiger partial charge in [0.05, 0.1) is 18.4 Å². The molecule has 0 radical (unpaired) electrons. The van der Waals surface area contributed by atoms with Crippen LogP contribution in [0.25, 0.3) is 5.69 Å². The van der Waals surface area contributed by atoms with Gasteiger partial charge < -0.3 is 9.80 Å². The van der Waals surface area contributed by atoms with Crippen LogP contribution in [-0.4, -0.2) is 43.6 Å². The van der Waals surface area contributed by atoms with Gasteiger partial charge in [0.15, 0.2) is 5.82 Å². The fourth-order valence-electron chi connectivity index (χ4n) is 4.96. The lowest BCUT2D eigenvalue weighted by atomic mass is 9.95. The highest BCUT2D eigenvalue weighted by atomic mass is 35.5. The van der Waals surface area contributed by atoms with Gasteiger partial charge >= 0.3 is 0 Å². The van der Waals surface area contributed by atoms with Crippen LogP contribution in [-0.2, 0) is 17.9 Å². The maximum Gasteiger partial charge on any atom is 0.226 e. The molecule has 1 aromatic carbocycles. The van der Waals surface area contributed by atoms with Gasteiger partial charge in [-0.25, -0.2) is 9.37 Å². The molecule has 2 aromatic heterocycles.